The monoisotopic (exact) mass is 390 g/mol. The van der Waals surface area contributed by atoms with Crippen molar-refractivity contribution in [3.63, 3.8) is 0 Å². The summed E-state index contributed by atoms with van der Waals surface area (Å²) in [6.45, 7) is 0. The van der Waals surface area contributed by atoms with Crippen molar-refractivity contribution in [2.24, 2.45) is 0 Å². The normalized spacial score (nSPS) is 10.6. The van der Waals surface area contributed by atoms with Gasteiger partial charge in [0.25, 0.3) is 0 Å². The molecule has 0 spiro atoms. The summed E-state index contributed by atoms with van der Waals surface area (Å²) in [6, 6.07) is 20.0. The second-order valence-electron chi connectivity index (χ2n) is 6.98. The molecule has 0 unspecified atom stereocenters. The highest BCUT2D eigenvalue weighted by atomic mass is 16.4. The molecule has 0 fully saturated rings. The van der Waals surface area contributed by atoms with Gasteiger partial charge < -0.3 is 15.3 Å². The van der Waals surface area contributed by atoms with Crippen molar-refractivity contribution in [1.29, 1.82) is 0 Å². The van der Waals surface area contributed by atoms with E-state index < -0.39 is 11.9 Å². The molecule has 0 aromatic heterocycles. The van der Waals surface area contributed by atoms with Gasteiger partial charge in [0.1, 0.15) is 11.3 Å². The molecule has 0 saturated heterocycles. The number of carbonyl (C=O) groups is 2. The molecule has 0 atom stereocenters. The first-order valence-corrected chi connectivity index (χ1v) is 9.37. The summed E-state index contributed by atoms with van der Waals surface area (Å²) in [4.78, 5) is 21.8. The Labute approximate surface area is 168 Å². The molecule has 0 aliphatic carbocycles. The van der Waals surface area contributed by atoms with Gasteiger partial charge >= 0.3 is 11.9 Å². The Bertz CT molecular complexity index is 1000. The molecule has 29 heavy (non-hydrogen) atoms. The van der Waals surface area contributed by atoms with Gasteiger partial charge in [0, 0.05) is 0 Å². The highest BCUT2D eigenvalue weighted by molar-refractivity contribution is 5.90. The molecule has 148 valence electrons. The average Bonchev–Trinajstić information content (AvgIpc) is 2.71. The van der Waals surface area contributed by atoms with Crippen LogP contribution >= 0.6 is 0 Å². The number of carboxylic acids is 2. The number of carboxylic acid groups (broad SMARTS) is 2. The molecule has 0 aliphatic rings. The lowest BCUT2D eigenvalue weighted by atomic mass is 9.99. The number of phenols is 1. The van der Waals surface area contributed by atoms with Crippen LogP contribution in [0.2, 0.25) is 0 Å². The summed E-state index contributed by atoms with van der Waals surface area (Å²) in [5.41, 5.74) is 4.57. The quantitative estimate of drug-likeness (QED) is 0.531. The zero-order valence-electron chi connectivity index (χ0n) is 15.8. The molecule has 0 saturated carbocycles. The first-order chi connectivity index (χ1) is 13.9. The minimum absolute atomic E-state index is 0.0873. The molecule has 3 rings (SSSR count). The topological polar surface area (TPSA) is 94.8 Å². The lowest BCUT2D eigenvalue weighted by Gasteiger charge is -2.07. The summed E-state index contributed by atoms with van der Waals surface area (Å²) in [7, 11) is 0. The van der Waals surface area contributed by atoms with Gasteiger partial charge in [0.15, 0.2) is 0 Å². The fourth-order valence-electron chi connectivity index (χ4n) is 3.18. The predicted molar refractivity (Wildman–Crippen MR) is 110 cm³/mol. The summed E-state index contributed by atoms with van der Waals surface area (Å²) >= 11 is 0. The SMILES string of the molecule is O=C(O)c1ccc(CCc2ccc(CCc3ccc(C(=O)O)c(O)c3)cc2)cc1. The van der Waals surface area contributed by atoms with Gasteiger partial charge in [-0.1, -0.05) is 42.5 Å². The molecular formula is C24H22O5. The predicted octanol–water partition coefficient (Wildman–Crippen LogP) is 4.36. The van der Waals surface area contributed by atoms with Crippen LogP contribution in [-0.2, 0) is 25.7 Å². The summed E-state index contributed by atoms with van der Waals surface area (Å²) in [5, 5.41) is 27.7. The number of aromatic carboxylic acids is 2. The number of aromatic hydroxyl groups is 1. The van der Waals surface area contributed by atoms with E-state index in [1.54, 1.807) is 18.2 Å². The maximum atomic E-state index is 10.9. The minimum Gasteiger partial charge on any atom is -0.507 e. The van der Waals surface area contributed by atoms with Crippen molar-refractivity contribution in [3.8, 4) is 5.75 Å². The van der Waals surface area contributed by atoms with Crippen LogP contribution in [0, 0.1) is 0 Å². The summed E-state index contributed by atoms with van der Waals surface area (Å²) in [6.07, 6.45) is 3.22. The molecule has 0 amide bonds. The van der Waals surface area contributed by atoms with Gasteiger partial charge in [0.2, 0.25) is 0 Å². The second kappa shape index (κ2) is 9.06. The van der Waals surface area contributed by atoms with Crippen molar-refractivity contribution < 1.29 is 24.9 Å². The van der Waals surface area contributed by atoms with E-state index in [1.165, 1.54) is 23.3 Å². The Hall–Kier alpha value is -3.60. The Morgan fingerprint density at radius 1 is 0.586 bits per heavy atom. The van der Waals surface area contributed by atoms with Gasteiger partial charge in [-0.3, -0.25) is 0 Å². The maximum absolute atomic E-state index is 10.9. The first kappa shape index (κ1) is 20.1. The fraction of sp³-hybridized carbons (Fsp3) is 0.167. The van der Waals surface area contributed by atoms with Crippen LogP contribution in [0.15, 0.2) is 66.7 Å². The van der Waals surface area contributed by atoms with Gasteiger partial charge in [-0.15, -0.1) is 0 Å². The van der Waals surface area contributed by atoms with Crippen LogP contribution in [0.4, 0.5) is 0 Å². The average molecular weight is 390 g/mol. The van der Waals surface area contributed by atoms with E-state index in [0.29, 0.717) is 12.0 Å². The highest BCUT2D eigenvalue weighted by Gasteiger charge is 2.09. The summed E-state index contributed by atoms with van der Waals surface area (Å²) < 4.78 is 0. The van der Waals surface area contributed by atoms with Gasteiger partial charge in [-0.2, -0.15) is 0 Å². The van der Waals surface area contributed by atoms with Crippen molar-refractivity contribution in [2.75, 3.05) is 0 Å². The largest absolute Gasteiger partial charge is 0.507 e. The van der Waals surface area contributed by atoms with Crippen LogP contribution in [0.5, 0.6) is 5.75 Å². The molecule has 0 heterocycles. The van der Waals surface area contributed by atoms with Gasteiger partial charge in [-0.25, -0.2) is 9.59 Å². The third-order valence-electron chi connectivity index (χ3n) is 4.92. The van der Waals surface area contributed by atoms with Gasteiger partial charge in [0.05, 0.1) is 5.56 Å². The van der Waals surface area contributed by atoms with E-state index >= 15 is 0 Å². The van der Waals surface area contributed by atoms with E-state index in [0.717, 1.165) is 30.4 Å². The standard InChI is InChI=1S/C24H22O5/c25-22-15-19(11-14-21(22)24(28)29)8-7-17-3-1-16(2-4-17)5-6-18-9-12-20(13-10-18)23(26)27/h1-4,9-15,25H,5-8H2,(H,26,27)(H,28,29). The molecular weight excluding hydrogens is 368 g/mol. The third-order valence-corrected chi connectivity index (χ3v) is 4.92. The van der Waals surface area contributed by atoms with Crippen molar-refractivity contribution in [2.45, 2.75) is 25.7 Å². The zero-order valence-corrected chi connectivity index (χ0v) is 15.8. The smallest absolute Gasteiger partial charge is 0.339 e. The van der Waals surface area contributed by atoms with E-state index in [-0.39, 0.29) is 11.3 Å². The van der Waals surface area contributed by atoms with Crippen molar-refractivity contribution in [1.82, 2.24) is 0 Å². The van der Waals surface area contributed by atoms with Crippen LogP contribution in [0.25, 0.3) is 0 Å². The Balaban J connectivity index is 1.53. The molecule has 0 bridgehead atoms. The number of hydrogen-bond acceptors (Lipinski definition) is 3. The first-order valence-electron chi connectivity index (χ1n) is 9.37. The third kappa shape index (κ3) is 5.45. The van der Waals surface area contributed by atoms with Crippen LogP contribution in [0.3, 0.4) is 0 Å². The lowest BCUT2D eigenvalue weighted by molar-refractivity contribution is 0.0684. The number of aryl methyl sites for hydroxylation is 4. The maximum Gasteiger partial charge on any atom is 0.339 e. The number of hydrogen-bond donors (Lipinski definition) is 3. The Kier molecular flexibility index (Phi) is 6.29. The van der Waals surface area contributed by atoms with E-state index in [9.17, 15) is 14.7 Å². The number of rotatable bonds is 8. The molecule has 3 aromatic carbocycles. The molecule has 3 aromatic rings. The second-order valence-corrected chi connectivity index (χ2v) is 6.98. The fourth-order valence-corrected chi connectivity index (χ4v) is 3.18. The summed E-state index contributed by atoms with van der Waals surface area (Å²) in [5.74, 6) is -2.26. The zero-order chi connectivity index (χ0) is 20.8. The minimum atomic E-state index is -1.14. The molecule has 3 N–H and O–H groups in total. The molecule has 0 radical (unpaired) electrons. The molecule has 5 heteroatoms. The van der Waals surface area contributed by atoms with Crippen LogP contribution in [-0.4, -0.2) is 27.3 Å². The van der Waals surface area contributed by atoms with Crippen molar-refractivity contribution >= 4 is 11.9 Å². The molecule has 0 aliphatic heterocycles. The van der Waals surface area contributed by atoms with Gasteiger partial charge in [-0.05, 0) is 72.2 Å². The lowest BCUT2D eigenvalue weighted by Crippen LogP contribution is -1.99. The van der Waals surface area contributed by atoms with E-state index in [4.69, 9.17) is 10.2 Å². The van der Waals surface area contributed by atoms with E-state index in [1.807, 2.05) is 12.1 Å². The number of benzene rings is 3. The Morgan fingerprint density at radius 2 is 1.00 bits per heavy atom. The Morgan fingerprint density at radius 3 is 1.41 bits per heavy atom. The highest BCUT2D eigenvalue weighted by Crippen LogP contribution is 2.20. The van der Waals surface area contributed by atoms with Crippen LogP contribution in [0.1, 0.15) is 43.0 Å². The molecule has 5 nitrogen and oxygen atoms in total. The van der Waals surface area contributed by atoms with Crippen molar-refractivity contribution in [3.05, 3.63) is 100 Å². The van der Waals surface area contributed by atoms with Crippen LogP contribution < -0.4 is 0 Å². The van der Waals surface area contributed by atoms with E-state index in [2.05, 4.69) is 24.3 Å².